The first-order chi connectivity index (χ1) is 5.91. The highest BCUT2D eigenvalue weighted by molar-refractivity contribution is 7.98. The van der Waals surface area contributed by atoms with Crippen LogP contribution in [0.2, 0.25) is 0 Å². The lowest BCUT2D eigenvalue weighted by Gasteiger charge is -2.01. The Morgan fingerprint density at radius 2 is 2.08 bits per heavy atom. The van der Waals surface area contributed by atoms with Gasteiger partial charge in [0.25, 0.3) is 0 Å². The highest BCUT2D eigenvalue weighted by atomic mass is 32.2. The SMILES string of the molecule is CCCCCCO[CH]CCSC. The van der Waals surface area contributed by atoms with Crippen molar-refractivity contribution in [3.05, 3.63) is 6.61 Å². The molecule has 0 aromatic carbocycles. The highest BCUT2D eigenvalue weighted by Crippen LogP contribution is 2.02. The molecule has 0 aromatic heterocycles. The van der Waals surface area contributed by atoms with Crippen molar-refractivity contribution in [3.8, 4) is 0 Å². The molecule has 0 amide bonds. The van der Waals surface area contributed by atoms with Crippen LogP contribution in [0.15, 0.2) is 0 Å². The van der Waals surface area contributed by atoms with E-state index in [1.807, 2.05) is 18.4 Å². The van der Waals surface area contributed by atoms with Crippen molar-refractivity contribution < 1.29 is 4.74 Å². The van der Waals surface area contributed by atoms with Crippen LogP contribution in [-0.4, -0.2) is 18.6 Å². The molecule has 0 bridgehead atoms. The zero-order chi connectivity index (χ0) is 9.07. The zero-order valence-electron chi connectivity index (χ0n) is 8.34. The second-order valence-corrected chi connectivity index (χ2v) is 3.87. The summed E-state index contributed by atoms with van der Waals surface area (Å²) in [6.45, 7) is 5.09. The van der Waals surface area contributed by atoms with E-state index in [0.717, 1.165) is 13.0 Å². The van der Waals surface area contributed by atoms with Gasteiger partial charge in [-0.1, -0.05) is 26.2 Å². The summed E-state index contributed by atoms with van der Waals surface area (Å²) in [4.78, 5) is 0. The summed E-state index contributed by atoms with van der Waals surface area (Å²) >= 11 is 1.86. The summed E-state index contributed by atoms with van der Waals surface area (Å²) in [6.07, 6.45) is 8.37. The van der Waals surface area contributed by atoms with Crippen molar-refractivity contribution >= 4 is 11.8 Å². The van der Waals surface area contributed by atoms with Gasteiger partial charge in [0.05, 0.1) is 6.61 Å². The molecule has 0 saturated heterocycles. The first-order valence-corrected chi connectivity index (χ1v) is 6.23. The van der Waals surface area contributed by atoms with E-state index < -0.39 is 0 Å². The van der Waals surface area contributed by atoms with Gasteiger partial charge in [-0.25, -0.2) is 0 Å². The number of hydrogen-bond donors (Lipinski definition) is 0. The van der Waals surface area contributed by atoms with E-state index >= 15 is 0 Å². The van der Waals surface area contributed by atoms with Gasteiger partial charge in [-0.15, -0.1) is 0 Å². The maximum absolute atomic E-state index is 5.34. The van der Waals surface area contributed by atoms with E-state index in [-0.39, 0.29) is 0 Å². The molecule has 1 nitrogen and oxygen atoms in total. The normalized spacial score (nSPS) is 10.5. The molecule has 0 rings (SSSR count). The van der Waals surface area contributed by atoms with Gasteiger partial charge >= 0.3 is 0 Å². The summed E-state index contributed by atoms with van der Waals surface area (Å²) in [5.74, 6) is 1.18. The van der Waals surface area contributed by atoms with Gasteiger partial charge in [-0.05, 0) is 24.9 Å². The Morgan fingerprint density at radius 1 is 1.25 bits per heavy atom. The maximum Gasteiger partial charge on any atom is 0.0844 e. The van der Waals surface area contributed by atoms with Gasteiger partial charge in [-0.3, -0.25) is 0 Å². The number of thioether (sulfide) groups is 1. The molecular weight excluding hydrogens is 168 g/mol. The van der Waals surface area contributed by atoms with Gasteiger partial charge < -0.3 is 4.74 Å². The van der Waals surface area contributed by atoms with Crippen molar-refractivity contribution in [2.45, 2.75) is 39.0 Å². The minimum atomic E-state index is 0.911. The molecule has 0 unspecified atom stereocenters. The van der Waals surface area contributed by atoms with E-state index in [1.54, 1.807) is 0 Å². The second kappa shape index (κ2) is 11.3. The first-order valence-electron chi connectivity index (χ1n) is 4.84. The molecule has 0 atom stereocenters. The Labute approximate surface area is 81.3 Å². The van der Waals surface area contributed by atoms with E-state index in [9.17, 15) is 0 Å². The summed E-state index contributed by atoms with van der Waals surface area (Å²) in [5.41, 5.74) is 0. The number of rotatable bonds is 9. The molecule has 1 radical (unpaired) electrons. The molecule has 12 heavy (non-hydrogen) atoms. The van der Waals surface area contributed by atoms with E-state index in [1.165, 1.54) is 31.4 Å². The Morgan fingerprint density at radius 3 is 2.75 bits per heavy atom. The van der Waals surface area contributed by atoms with E-state index in [2.05, 4.69) is 13.2 Å². The van der Waals surface area contributed by atoms with Crippen LogP contribution in [0.25, 0.3) is 0 Å². The lowest BCUT2D eigenvalue weighted by atomic mass is 10.2. The summed E-state index contributed by atoms with van der Waals surface area (Å²) in [5, 5.41) is 0. The lowest BCUT2D eigenvalue weighted by Crippen LogP contribution is -1.92. The molecule has 73 valence electrons. The van der Waals surface area contributed by atoms with Crippen molar-refractivity contribution in [1.82, 2.24) is 0 Å². The van der Waals surface area contributed by atoms with Gasteiger partial charge in [-0.2, -0.15) is 11.8 Å². The number of hydrogen-bond acceptors (Lipinski definition) is 2. The Bertz CT molecular complexity index is 66.2. The highest BCUT2D eigenvalue weighted by Gasteiger charge is 1.90. The molecule has 0 aliphatic heterocycles. The smallest absolute Gasteiger partial charge is 0.0844 e. The Kier molecular flexibility index (Phi) is 11.6. The van der Waals surface area contributed by atoms with Crippen LogP contribution in [0, 0.1) is 6.61 Å². The van der Waals surface area contributed by atoms with Crippen LogP contribution in [-0.2, 0) is 4.74 Å². The van der Waals surface area contributed by atoms with Crippen LogP contribution in [0.4, 0.5) is 0 Å². The maximum atomic E-state index is 5.34. The van der Waals surface area contributed by atoms with Gasteiger partial charge in [0, 0.05) is 6.61 Å². The third kappa shape index (κ3) is 10.3. The Balaban J connectivity index is 2.73. The van der Waals surface area contributed by atoms with Crippen LogP contribution < -0.4 is 0 Å². The minimum absolute atomic E-state index is 0.911. The predicted octanol–water partition coefficient (Wildman–Crippen LogP) is 3.50. The average Bonchev–Trinajstić information content (AvgIpc) is 2.10. The van der Waals surface area contributed by atoms with Crippen molar-refractivity contribution in [2.24, 2.45) is 0 Å². The summed E-state index contributed by atoms with van der Waals surface area (Å²) in [7, 11) is 0. The molecule has 2 heteroatoms. The zero-order valence-corrected chi connectivity index (χ0v) is 9.16. The standard InChI is InChI=1S/C10H21OS/c1-3-4-5-6-8-11-9-7-10-12-2/h9H,3-8,10H2,1-2H3. The molecular formula is C10H21OS. The van der Waals surface area contributed by atoms with Gasteiger partial charge in [0.2, 0.25) is 0 Å². The third-order valence-electron chi connectivity index (χ3n) is 1.67. The largest absolute Gasteiger partial charge is 0.375 e. The van der Waals surface area contributed by atoms with Gasteiger partial charge in [0.15, 0.2) is 0 Å². The van der Waals surface area contributed by atoms with Crippen molar-refractivity contribution in [2.75, 3.05) is 18.6 Å². The first kappa shape index (κ1) is 12.3. The van der Waals surface area contributed by atoms with E-state index in [0.29, 0.717) is 0 Å². The van der Waals surface area contributed by atoms with Crippen LogP contribution in [0.5, 0.6) is 0 Å². The molecule has 0 aromatic rings. The average molecular weight is 189 g/mol. The minimum Gasteiger partial charge on any atom is -0.375 e. The van der Waals surface area contributed by atoms with Crippen LogP contribution in [0.1, 0.15) is 39.0 Å². The monoisotopic (exact) mass is 189 g/mol. The summed E-state index contributed by atoms with van der Waals surface area (Å²) < 4.78 is 5.34. The topological polar surface area (TPSA) is 9.23 Å². The lowest BCUT2D eigenvalue weighted by molar-refractivity contribution is 0.188. The fourth-order valence-electron chi connectivity index (χ4n) is 0.945. The quantitative estimate of drug-likeness (QED) is 0.513. The molecule has 0 aliphatic carbocycles. The third-order valence-corrected chi connectivity index (χ3v) is 2.32. The molecule has 0 saturated carbocycles. The predicted molar refractivity (Wildman–Crippen MR) is 57.4 cm³/mol. The van der Waals surface area contributed by atoms with Crippen LogP contribution in [0.3, 0.4) is 0 Å². The fraction of sp³-hybridized carbons (Fsp3) is 0.900. The number of unbranched alkanes of at least 4 members (excludes halogenated alkanes) is 3. The second-order valence-electron chi connectivity index (χ2n) is 2.88. The van der Waals surface area contributed by atoms with E-state index in [4.69, 9.17) is 4.74 Å². The molecule has 0 aliphatic rings. The van der Waals surface area contributed by atoms with Gasteiger partial charge in [0.1, 0.15) is 0 Å². The number of ether oxygens (including phenoxy) is 1. The summed E-state index contributed by atoms with van der Waals surface area (Å²) in [6, 6.07) is 0. The molecule has 0 fully saturated rings. The molecule has 0 heterocycles. The van der Waals surface area contributed by atoms with Crippen molar-refractivity contribution in [3.63, 3.8) is 0 Å². The molecule has 0 spiro atoms. The fourth-order valence-corrected chi connectivity index (χ4v) is 1.28. The molecule has 0 N–H and O–H groups in total. The van der Waals surface area contributed by atoms with Crippen molar-refractivity contribution in [1.29, 1.82) is 0 Å². The van der Waals surface area contributed by atoms with Crippen LogP contribution >= 0.6 is 11.8 Å². The Hall–Kier alpha value is 0.310.